The minimum atomic E-state index is -4.76. The van der Waals surface area contributed by atoms with Gasteiger partial charge in [-0.1, -0.05) is 13.0 Å². The molecule has 0 aromatic rings. The van der Waals surface area contributed by atoms with Crippen LogP contribution in [-0.4, -0.2) is 17.9 Å². The quantitative estimate of drug-likeness (QED) is 0.525. The molecule has 1 nitrogen and oxygen atoms in total. The van der Waals surface area contributed by atoms with Crippen molar-refractivity contribution in [1.82, 2.24) is 0 Å². The van der Waals surface area contributed by atoms with Crippen molar-refractivity contribution in [2.45, 2.75) is 38.2 Å². The molecule has 1 aliphatic carbocycles. The monoisotopic (exact) mass is 261 g/mol. The van der Waals surface area contributed by atoms with E-state index in [1.54, 1.807) is 0 Å². The Bertz CT molecular complexity index is 325. The SMILES string of the molecule is CC1C(C(F)(F)F)C=C(C(F)(F)F)CC1(C)N. The molecule has 100 valence electrons. The van der Waals surface area contributed by atoms with Gasteiger partial charge >= 0.3 is 12.4 Å². The van der Waals surface area contributed by atoms with Crippen LogP contribution in [0.2, 0.25) is 0 Å². The van der Waals surface area contributed by atoms with Gasteiger partial charge in [-0.25, -0.2) is 0 Å². The van der Waals surface area contributed by atoms with Crippen LogP contribution in [0.5, 0.6) is 0 Å². The highest BCUT2D eigenvalue weighted by molar-refractivity contribution is 5.22. The van der Waals surface area contributed by atoms with Crippen molar-refractivity contribution in [2.24, 2.45) is 17.6 Å². The highest BCUT2D eigenvalue weighted by Crippen LogP contribution is 2.46. The number of nitrogens with two attached hydrogens (primary N) is 1. The first-order valence-electron chi connectivity index (χ1n) is 4.99. The molecule has 1 rings (SSSR count). The standard InChI is InChI=1S/C10H13F6N/c1-5-7(10(14,15)16)3-6(9(11,12)13)4-8(5,2)17/h3,5,7H,4,17H2,1-2H3. The second-order valence-corrected chi connectivity index (χ2v) is 4.73. The summed E-state index contributed by atoms with van der Waals surface area (Å²) in [5.41, 5.74) is 2.85. The van der Waals surface area contributed by atoms with Crippen molar-refractivity contribution < 1.29 is 26.3 Å². The van der Waals surface area contributed by atoms with Crippen LogP contribution in [0.25, 0.3) is 0 Å². The van der Waals surface area contributed by atoms with E-state index in [9.17, 15) is 26.3 Å². The summed E-state index contributed by atoms with van der Waals surface area (Å²) < 4.78 is 75.3. The Morgan fingerprint density at radius 3 is 2.06 bits per heavy atom. The number of halogens is 6. The van der Waals surface area contributed by atoms with E-state index in [-0.39, 0.29) is 6.08 Å². The van der Waals surface area contributed by atoms with E-state index >= 15 is 0 Å². The third kappa shape index (κ3) is 2.94. The van der Waals surface area contributed by atoms with Gasteiger partial charge in [-0.05, 0) is 19.3 Å². The van der Waals surface area contributed by atoms with Gasteiger partial charge in [-0.3, -0.25) is 0 Å². The predicted molar refractivity (Wildman–Crippen MR) is 50.1 cm³/mol. The summed E-state index contributed by atoms with van der Waals surface area (Å²) in [6, 6.07) is 0. The molecule has 17 heavy (non-hydrogen) atoms. The van der Waals surface area contributed by atoms with E-state index in [0.717, 1.165) is 0 Å². The predicted octanol–water partition coefficient (Wildman–Crippen LogP) is 3.41. The second kappa shape index (κ2) is 3.90. The van der Waals surface area contributed by atoms with Crippen LogP contribution in [0.4, 0.5) is 26.3 Å². The van der Waals surface area contributed by atoms with Crippen LogP contribution in [0.3, 0.4) is 0 Å². The summed E-state index contributed by atoms with van der Waals surface area (Å²) >= 11 is 0. The maximum absolute atomic E-state index is 12.6. The van der Waals surface area contributed by atoms with Crippen molar-refractivity contribution in [2.75, 3.05) is 0 Å². The Kier molecular flexibility index (Phi) is 3.29. The van der Waals surface area contributed by atoms with E-state index in [0.29, 0.717) is 0 Å². The number of hydrogen-bond donors (Lipinski definition) is 1. The smallest absolute Gasteiger partial charge is 0.325 e. The minimum Gasteiger partial charge on any atom is -0.325 e. The van der Waals surface area contributed by atoms with Gasteiger partial charge in [-0.15, -0.1) is 0 Å². The van der Waals surface area contributed by atoms with Crippen molar-refractivity contribution in [1.29, 1.82) is 0 Å². The van der Waals surface area contributed by atoms with Crippen LogP contribution < -0.4 is 5.73 Å². The summed E-state index contributed by atoms with van der Waals surface area (Å²) in [5.74, 6) is -3.24. The second-order valence-electron chi connectivity index (χ2n) is 4.73. The normalized spacial score (nSPS) is 35.7. The van der Waals surface area contributed by atoms with E-state index in [1.165, 1.54) is 13.8 Å². The molecule has 0 aromatic carbocycles. The molecule has 0 saturated carbocycles. The van der Waals surface area contributed by atoms with Crippen molar-refractivity contribution in [3.63, 3.8) is 0 Å². The molecule has 2 N–H and O–H groups in total. The molecule has 0 fully saturated rings. The van der Waals surface area contributed by atoms with Gasteiger partial charge in [0.25, 0.3) is 0 Å². The van der Waals surface area contributed by atoms with Crippen molar-refractivity contribution in [3.8, 4) is 0 Å². The highest BCUT2D eigenvalue weighted by atomic mass is 19.4. The lowest BCUT2D eigenvalue weighted by molar-refractivity contribution is -0.183. The molecule has 0 radical (unpaired) electrons. The first kappa shape index (κ1) is 14.3. The summed E-state index contributed by atoms with van der Waals surface area (Å²) in [6.45, 7) is 2.44. The summed E-state index contributed by atoms with van der Waals surface area (Å²) in [4.78, 5) is 0. The fourth-order valence-corrected chi connectivity index (χ4v) is 1.97. The minimum absolute atomic E-state index is 0.263. The van der Waals surface area contributed by atoms with Crippen LogP contribution in [0.15, 0.2) is 11.6 Å². The molecule has 0 spiro atoms. The van der Waals surface area contributed by atoms with Gasteiger partial charge in [0.2, 0.25) is 0 Å². The number of rotatable bonds is 0. The fraction of sp³-hybridized carbons (Fsp3) is 0.800. The average molecular weight is 261 g/mol. The zero-order chi connectivity index (χ0) is 13.6. The molecular formula is C10H13F6N. The Balaban J connectivity index is 3.20. The van der Waals surface area contributed by atoms with Crippen LogP contribution in [0.1, 0.15) is 20.3 Å². The topological polar surface area (TPSA) is 26.0 Å². The lowest BCUT2D eigenvalue weighted by Crippen LogP contribution is -2.52. The third-order valence-corrected chi connectivity index (χ3v) is 3.27. The fourth-order valence-electron chi connectivity index (χ4n) is 1.97. The van der Waals surface area contributed by atoms with Crippen LogP contribution in [0, 0.1) is 11.8 Å². The van der Waals surface area contributed by atoms with Gasteiger partial charge in [0.15, 0.2) is 0 Å². The maximum Gasteiger partial charge on any atom is 0.412 e. The molecule has 0 aliphatic heterocycles. The first-order chi connectivity index (χ1) is 7.36. The van der Waals surface area contributed by atoms with E-state index < -0.39 is 41.7 Å². The zero-order valence-electron chi connectivity index (χ0n) is 9.28. The molecule has 0 aromatic heterocycles. The number of hydrogen-bond acceptors (Lipinski definition) is 1. The summed E-state index contributed by atoms with van der Waals surface area (Å²) in [7, 11) is 0. The molecule has 3 unspecified atom stereocenters. The molecule has 0 heterocycles. The molecule has 0 bridgehead atoms. The first-order valence-corrected chi connectivity index (χ1v) is 4.99. The summed E-state index contributed by atoms with van der Waals surface area (Å²) in [6.07, 6.45) is -9.80. The molecule has 0 saturated heterocycles. The van der Waals surface area contributed by atoms with Crippen LogP contribution in [-0.2, 0) is 0 Å². The molecule has 1 aliphatic rings. The Morgan fingerprint density at radius 2 is 1.71 bits per heavy atom. The van der Waals surface area contributed by atoms with E-state index in [1.807, 2.05) is 0 Å². The van der Waals surface area contributed by atoms with Crippen molar-refractivity contribution >= 4 is 0 Å². The largest absolute Gasteiger partial charge is 0.412 e. The average Bonchev–Trinajstić information content (AvgIpc) is 2.05. The molecular weight excluding hydrogens is 248 g/mol. The van der Waals surface area contributed by atoms with Gasteiger partial charge < -0.3 is 5.73 Å². The molecule has 3 atom stereocenters. The van der Waals surface area contributed by atoms with Gasteiger partial charge in [0.05, 0.1) is 5.92 Å². The van der Waals surface area contributed by atoms with E-state index in [4.69, 9.17) is 5.73 Å². The van der Waals surface area contributed by atoms with Gasteiger partial charge in [0.1, 0.15) is 0 Å². The number of alkyl halides is 6. The van der Waals surface area contributed by atoms with Crippen LogP contribution >= 0.6 is 0 Å². The molecule has 0 amide bonds. The Hall–Kier alpha value is -0.720. The van der Waals surface area contributed by atoms with Crippen molar-refractivity contribution in [3.05, 3.63) is 11.6 Å². The van der Waals surface area contributed by atoms with E-state index in [2.05, 4.69) is 0 Å². The summed E-state index contributed by atoms with van der Waals surface area (Å²) in [5, 5.41) is 0. The molecule has 7 heteroatoms. The lowest BCUT2D eigenvalue weighted by Gasteiger charge is -2.41. The lowest BCUT2D eigenvalue weighted by atomic mass is 9.69. The van der Waals surface area contributed by atoms with Gasteiger partial charge in [-0.2, -0.15) is 26.3 Å². The Morgan fingerprint density at radius 1 is 1.24 bits per heavy atom. The Labute approximate surface area is 94.7 Å². The number of allylic oxidation sites excluding steroid dienone is 1. The highest BCUT2D eigenvalue weighted by Gasteiger charge is 2.52. The zero-order valence-corrected chi connectivity index (χ0v) is 9.28. The maximum atomic E-state index is 12.6. The van der Waals surface area contributed by atoms with Gasteiger partial charge in [0, 0.05) is 11.1 Å². The third-order valence-electron chi connectivity index (χ3n) is 3.27.